The van der Waals surface area contributed by atoms with Crippen LogP contribution in [0, 0.1) is 0 Å². The number of hydrogen-bond donors (Lipinski definition) is 1. The van der Waals surface area contributed by atoms with Crippen molar-refractivity contribution in [2.75, 3.05) is 32.8 Å². The van der Waals surface area contributed by atoms with Crippen molar-refractivity contribution in [3.63, 3.8) is 0 Å². The van der Waals surface area contributed by atoms with Gasteiger partial charge in [0.2, 0.25) is 11.8 Å². The molecule has 1 fully saturated rings. The van der Waals surface area contributed by atoms with Gasteiger partial charge in [-0.2, -0.15) is 0 Å². The SMILES string of the molecule is CC(C)(C(=O)N1CCN(C(=O)CO)CC1)c1ccccc1. The molecule has 0 radical (unpaired) electrons. The zero-order chi connectivity index (χ0) is 15.5. The van der Waals surface area contributed by atoms with Gasteiger partial charge < -0.3 is 14.9 Å². The number of rotatable bonds is 3. The second-order valence-electron chi connectivity index (χ2n) is 5.82. The lowest BCUT2D eigenvalue weighted by atomic mass is 9.83. The van der Waals surface area contributed by atoms with E-state index >= 15 is 0 Å². The largest absolute Gasteiger partial charge is 0.387 e. The second kappa shape index (κ2) is 6.26. The molecule has 1 aromatic rings. The van der Waals surface area contributed by atoms with Crippen LogP contribution in [-0.2, 0) is 15.0 Å². The van der Waals surface area contributed by atoms with Crippen molar-refractivity contribution in [2.45, 2.75) is 19.3 Å². The number of piperazine rings is 1. The number of hydrogen-bond acceptors (Lipinski definition) is 3. The Balaban J connectivity index is 2.03. The zero-order valence-electron chi connectivity index (χ0n) is 12.6. The van der Waals surface area contributed by atoms with E-state index in [9.17, 15) is 9.59 Å². The molecule has 0 atom stereocenters. The third-order valence-corrected chi connectivity index (χ3v) is 4.08. The first-order valence-electron chi connectivity index (χ1n) is 7.20. The van der Waals surface area contributed by atoms with Crippen LogP contribution in [0.15, 0.2) is 30.3 Å². The highest BCUT2D eigenvalue weighted by Crippen LogP contribution is 2.26. The highest BCUT2D eigenvalue weighted by Gasteiger charge is 2.35. The van der Waals surface area contributed by atoms with E-state index in [1.807, 2.05) is 44.2 Å². The summed E-state index contributed by atoms with van der Waals surface area (Å²) >= 11 is 0. The molecule has 0 unspecified atom stereocenters. The first kappa shape index (κ1) is 15.5. The van der Waals surface area contributed by atoms with Gasteiger partial charge in [-0.3, -0.25) is 9.59 Å². The summed E-state index contributed by atoms with van der Waals surface area (Å²) in [5, 5.41) is 8.87. The number of nitrogens with zero attached hydrogens (tertiary/aromatic N) is 2. The van der Waals surface area contributed by atoms with E-state index in [2.05, 4.69) is 0 Å². The summed E-state index contributed by atoms with van der Waals surface area (Å²) in [6.45, 7) is 5.38. The Labute approximate surface area is 125 Å². The van der Waals surface area contributed by atoms with Crippen molar-refractivity contribution in [3.05, 3.63) is 35.9 Å². The summed E-state index contributed by atoms with van der Waals surface area (Å²) in [7, 11) is 0. The Kier molecular flexibility index (Phi) is 4.63. The van der Waals surface area contributed by atoms with Crippen LogP contribution in [-0.4, -0.2) is 59.5 Å². The van der Waals surface area contributed by atoms with Crippen LogP contribution in [0.2, 0.25) is 0 Å². The fourth-order valence-electron chi connectivity index (χ4n) is 2.63. The van der Waals surface area contributed by atoms with E-state index in [0.29, 0.717) is 26.2 Å². The summed E-state index contributed by atoms with van der Waals surface area (Å²) in [6, 6.07) is 9.72. The average Bonchev–Trinajstić information content (AvgIpc) is 2.54. The molecule has 0 aromatic heterocycles. The molecule has 1 aromatic carbocycles. The van der Waals surface area contributed by atoms with Gasteiger partial charge in [-0.15, -0.1) is 0 Å². The van der Waals surface area contributed by atoms with Gasteiger partial charge >= 0.3 is 0 Å². The summed E-state index contributed by atoms with van der Waals surface area (Å²) in [4.78, 5) is 27.6. The quantitative estimate of drug-likeness (QED) is 0.888. The molecule has 1 saturated heterocycles. The number of aliphatic hydroxyl groups excluding tert-OH is 1. The normalized spacial score (nSPS) is 16.0. The van der Waals surface area contributed by atoms with Crippen molar-refractivity contribution >= 4 is 11.8 Å². The highest BCUT2D eigenvalue weighted by atomic mass is 16.3. The van der Waals surface area contributed by atoms with Gasteiger partial charge in [0.25, 0.3) is 0 Å². The Morgan fingerprint density at radius 1 is 1.05 bits per heavy atom. The molecule has 1 aliphatic heterocycles. The minimum absolute atomic E-state index is 0.0739. The molecule has 2 rings (SSSR count). The van der Waals surface area contributed by atoms with E-state index in [4.69, 9.17) is 5.11 Å². The molecule has 2 amide bonds. The minimum Gasteiger partial charge on any atom is -0.387 e. The lowest BCUT2D eigenvalue weighted by Crippen LogP contribution is -2.54. The molecule has 5 nitrogen and oxygen atoms in total. The number of carbonyl (C=O) groups is 2. The Morgan fingerprint density at radius 2 is 1.57 bits per heavy atom. The molecule has 1 N–H and O–H groups in total. The first-order chi connectivity index (χ1) is 9.96. The van der Waals surface area contributed by atoms with Crippen molar-refractivity contribution in [3.8, 4) is 0 Å². The first-order valence-corrected chi connectivity index (χ1v) is 7.20. The molecule has 0 bridgehead atoms. The van der Waals surface area contributed by atoms with Gasteiger partial charge in [-0.1, -0.05) is 30.3 Å². The zero-order valence-corrected chi connectivity index (χ0v) is 12.6. The van der Waals surface area contributed by atoms with Crippen molar-refractivity contribution in [1.29, 1.82) is 0 Å². The van der Waals surface area contributed by atoms with Gasteiger partial charge in [0.1, 0.15) is 6.61 Å². The van der Waals surface area contributed by atoms with Crippen LogP contribution < -0.4 is 0 Å². The molecular formula is C16H22N2O3. The van der Waals surface area contributed by atoms with Crippen molar-refractivity contribution < 1.29 is 14.7 Å². The maximum Gasteiger partial charge on any atom is 0.248 e. The van der Waals surface area contributed by atoms with Crippen LogP contribution >= 0.6 is 0 Å². The Bertz CT molecular complexity index is 506. The predicted molar refractivity (Wildman–Crippen MR) is 79.7 cm³/mol. The summed E-state index contributed by atoms with van der Waals surface area (Å²) in [5.74, 6) is -0.200. The highest BCUT2D eigenvalue weighted by molar-refractivity contribution is 5.87. The van der Waals surface area contributed by atoms with Gasteiger partial charge in [0.15, 0.2) is 0 Å². The molecule has 1 heterocycles. The van der Waals surface area contributed by atoms with Crippen LogP contribution in [0.4, 0.5) is 0 Å². The second-order valence-corrected chi connectivity index (χ2v) is 5.82. The fraction of sp³-hybridized carbons (Fsp3) is 0.500. The minimum atomic E-state index is -0.579. The predicted octanol–water partition coefficient (Wildman–Crippen LogP) is 0.627. The standard InChI is InChI=1S/C16H22N2O3/c1-16(2,13-6-4-3-5-7-13)15(21)18-10-8-17(9-11-18)14(20)12-19/h3-7,19H,8-12H2,1-2H3. The van der Waals surface area contributed by atoms with Gasteiger partial charge in [0, 0.05) is 26.2 Å². The topological polar surface area (TPSA) is 60.9 Å². The summed E-state index contributed by atoms with van der Waals surface area (Å²) < 4.78 is 0. The molecule has 1 aliphatic rings. The van der Waals surface area contributed by atoms with E-state index in [1.54, 1.807) is 9.80 Å². The smallest absolute Gasteiger partial charge is 0.248 e. The summed E-state index contributed by atoms with van der Waals surface area (Å²) in [5.41, 5.74) is 0.411. The monoisotopic (exact) mass is 290 g/mol. The van der Waals surface area contributed by atoms with Gasteiger partial charge in [-0.25, -0.2) is 0 Å². The maximum atomic E-state index is 12.7. The van der Waals surface area contributed by atoms with E-state index in [1.165, 1.54) is 0 Å². The number of benzene rings is 1. The molecule has 0 spiro atoms. The lowest BCUT2D eigenvalue weighted by molar-refractivity contribution is -0.143. The van der Waals surface area contributed by atoms with E-state index in [-0.39, 0.29) is 11.8 Å². The van der Waals surface area contributed by atoms with Crippen LogP contribution in [0.1, 0.15) is 19.4 Å². The number of carbonyl (C=O) groups excluding carboxylic acids is 2. The average molecular weight is 290 g/mol. The van der Waals surface area contributed by atoms with E-state index in [0.717, 1.165) is 5.56 Å². The molecule has 0 aliphatic carbocycles. The Hall–Kier alpha value is -1.88. The lowest BCUT2D eigenvalue weighted by Gasteiger charge is -2.38. The third kappa shape index (κ3) is 3.24. The van der Waals surface area contributed by atoms with Crippen LogP contribution in [0.3, 0.4) is 0 Å². The van der Waals surface area contributed by atoms with Crippen LogP contribution in [0.25, 0.3) is 0 Å². The Morgan fingerprint density at radius 3 is 2.10 bits per heavy atom. The summed E-state index contributed by atoms with van der Waals surface area (Å²) in [6.07, 6.45) is 0. The van der Waals surface area contributed by atoms with Crippen molar-refractivity contribution in [2.24, 2.45) is 0 Å². The number of aliphatic hydroxyl groups is 1. The van der Waals surface area contributed by atoms with E-state index < -0.39 is 12.0 Å². The third-order valence-electron chi connectivity index (χ3n) is 4.08. The van der Waals surface area contributed by atoms with Gasteiger partial charge in [0.05, 0.1) is 5.41 Å². The molecule has 21 heavy (non-hydrogen) atoms. The maximum absolute atomic E-state index is 12.7. The fourth-order valence-corrected chi connectivity index (χ4v) is 2.63. The van der Waals surface area contributed by atoms with Gasteiger partial charge in [-0.05, 0) is 19.4 Å². The molecular weight excluding hydrogens is 268 g/mol. The molecule has 114 valence electrons. The van der Waals surface area contributed by atoms with Crippen molar-refractivity contribution in [1.82, 2.24) is 9.80 Å². The molecule has 0 saturated carbocycles. The molecule has 5 heteroatoms. The van der Waals surface area contributed by atoms with Crippen LogP contribution in [0.5, 0.6) is 0 Å². The number of amides is 2.